The van der Waals surface area contributed by atoms with Crippen molar-refractivity contribution in [3.8, 4) is 33.8 Å². The third-order valence-corrected chi connectivity index (χ3v) is 4.46. The lowest BCUT2D eigenvalue weighted by molar-refractivity contribution is -0.141. The minimum atomic E-state index is -4.73. The Labute approximate surface area is 168 Å². The Morgan fingerprint density at radius 2 is 1.27 bits per heavy atom. The van der Waals surface area contributed by atoms with Crippen LogP contribution in [0, 0.1) is 11.6 Å². The molecule has 0 spiro atoms. The highest BCUT2D eigenvalue weighted by Crippen LogP contribution is 2.33. The predicted octanol–water partition coefficient (Wildman–Crippen LogP) is 6.77. The number of aromatic nitrogens is 2. The smallest absolute Gasteiger partial charge is 0.228 e. The fourth-order valence-corrected chi connectivity index (χ4v) is 2.99. The van der Waals surface area contributed by atoms with Gasteiger partial charge in [0.15, 0.2) is 17.5 Å². The van der Waals surface area contributed by atoms with Crippen LogP contribution in [0.5, 0.6) is 0 Å². The highest BCUT2D eigenvalue weighted by molar-refractivity contribution is 5.71. The third-order valence-electron chi connectivity index (χ3n) is 4.46. The van der Waals surface area contributed by atoms with E-state index in [0.717, 1.165) is 29.3 Å². The van der Waals surface area contributed by atoms with Crippen LogP contribution in [0.2, 0.25) is 0 Å². The van der Waals surface area contributed by atoms with E-state index in [9.17, 15) is 22.0 Å². The van der Waals surface area contributed by atoms with Gasteiger partial charge in [0.05, 0.1) is 5.69 Å². The number of hydrogen-bond donors (Lipinski definition) is 0. The molecule has 0 bridgehead atoms. The van der Waals surface area contributed by atoms with E-state index in [-0.39, 0.29) is 17.1 Å². The Morgan fingerprint density at radius 1 is 0.567 bits per heavy atom. The molecule has 0 fully saturated rings. The molecule has 0 unspecified atom stereocenters. The fraction of sp³-hybridized carbons (Fsp3) is 0.0435. The highest BCUT2D eigenvalue weighted by Gasteiger charge is 2.34. The Hall–Kier alpha value is -3.61. The van der Waals surface area contributed by atoms with E-state index in [2.05, 4.69) is 9.97 Å². The summed E-state index contributed by atoms with van der Waals surface area (Å²) in [7, 11) is 0. The fourth-order valence-electron chi connectivity index (χ4n) is 2.99. The summed E-state index contributed by atoms with van der Waals surface area (Å²) in [6, 6.07) is 19.6. The third kappa shape index (κ3) is 4.05. The lowest BCUT2D eigenvalue weighted by atomic mass is 10.0. The molecule has 0 aliphatic heterocycles. The van der Waals surface area contributed by atoms with Crippen LogP contribution in [0.1, 0.15) is 5.69 Å². The zero-order chi connectivity index (χ0) is 21.3. The van der Waals surface area contributed by atoms with Crippen molar-refractivity contribution in [2.75, 3.05) is 0 Å². The SMILES string of the molecule is Fc1ccc(-c2cc(C(F)(F)F)nc(-c3cccc(-c4ccccc4)c3)n2)cc1F. The van der Waals surface area contributed by atoms with Gasteiger partial charge in [-0.3, -0.25) is 0 Å². The van der Waals surface area contributed by atoms with Crippen LogP contribution in [0.3, 0.4) is 0 Å². The van der Waals surface area contributed by atoms with Crippen LogP contribution >= 0.6 is 0 Å². The van der Waals surface area contributed by atoms with Gasteiger partial charge in [0.1, 0.15) is 5.69 Å². The van der Waals surface area contributed by atoms with Gasteiger partial charge in [-0.05, 0) is 41.5 Å². The molecule has 1 aromatic heterocycles. The van der Waals surface area contributed by atoms with Gasteiger partial charge in [-0.15, -0.1) is 0 Å². The van der Waals surface area contributed by atoms with Gasteiger partial charge < -0.3 is 0 Å². The molecule has 150 valence electrons. The maximum atomic E-state index is 13.6. The normalized spacial score (nSPS) is 11.5. The van der Waals surface area contributed by atoms with Crippen molar-refractivity contribution in [2.24, 2.45) is 0 Å². The Morgan fingerprint density at radius 3 is 1.97 bits per heavy atom. The van der Waals surface area contributed by atoms with Crippen molar-refractivity contribution in [1.29, 1.82) is 0 Å². The molecule has 0 atom stereocenters. The van der Waals surface area contributed by atoms with Crippen LogP contribution in [0.15, 0.2) is 78.9 Å². The van der Waals surface area contributed by atoms with Gasteiger partial charge in [0.2, 0.25) is 0 Å². The molecular formula is C23H13F5N2. The molecule has 4 aromatic rings. The first-order chi connectivity index (χ1) is 14.3. The first-order valence-corrected chi connectivity index (χ1v) is 8.89. The van der Waals surface area contributed by atoms with E-state index in [1.54, 1.807) is 18.2 Å². The maximum absolute atomic E-state index is 13.6. The second-order valence-electron chi connectivity index (χ2n) is 6.54. The molecular weight excluding hydrogens is 399 g/mol. The van der Waals surface area contributed by atoms with E-state index < -0.39 is 23.5 Å². The minimum Gasteiger partial charge on any atom is -0.228 e. The quantitative estimate of drug-likeness (QED) is 0.347. The molecule has 0 saturated carbocycles. The molecule has 3 aromatic carbocycles. The molecule has 0 aliphatic rings. The second-order valence-corrected chi connectivity index (χ2v) is 6.54. The minimum absolute atomic E-state index is 0.0160. The molecule has 4 rings (SSSR count). The number of benzene rings is 3. The van der Waals surface area contributed by atoms with Crippen LogP contribution in [0.4, 0.5) is 22.0 Å². The standard InChI is InChI=1S/C23H13F5N2/c24-18-10-9-16(12-19(18)25)20-13-21(23(26,27)28)30-22(29-20)17-8-4-7-15(11-17)14-5-2-1-3-6-14/h1-13H. The van der Waals surface area contributed by atoms with E-state index in [0.29, 0.717) is 5.56 Å². The summed E-state index contributed by atoms with van der Waals surface area (Å²) in [5.74, 6) is -2.44. The number of hydrogen-bond acceptors (Lipinski definition) is 2. The van der Waals surface area contributed by atoms with Crippen molar-refractivity contribution < 1.29 is 22.0 Å². The van der Waals surface area contributed by atoms with Gasteiger partial charge >= 0.3 is 6.18 Å². The molecule has 0 aliphatic carbocycles. The summed E-state index contributed by atoms with van der Waals surface area (Å²) >= 11 is 0. The summed E-state index contributed by atoms with van der Waals surface area (Å²) < 4.78 is 67.2. The van der Waals surface area contributed by atoms with Gasteiger partial charge in [0, 0.05) is 11.1 Å². The average molecular weight is 412 g/mol. The predicted molar refractivity (Wildman–Crippen MR) is 103 cm³/mol. The van der Waals surface area contributed by atoms with E-state index in [4.69, 9.17) is 0 Å². The lowest BCUT2D eigenvalue weighted by Gasteiger charge is -2.12. The van der Waals surface area contributed by atoms with Crippen molar-refractivity contribution >= 4 is 0 Å². The first kappa shape index (κ1) is 19.7. The van der Waals surface area contributed by atoms with Crippen LogP contribution < -0.4 is 0 Å². The van der Waals surface area contributed by atoms with E-state index in [1.807, 2.05) is 36.4 Å². The van der Waals surface area contributed by atoms with Crippen molar-refractivity contribution in [2.45, 2.75) is 6.18 Å². The van der Waals surface area contributed by atoms with Crippen LogP contribution in [0.25, 0.3) is 33.8 Å². The molecule has 0 radical (unpaired) electrons. The summed E-state index contributed by atoms with van der Waals surface area (Å²) in [4.78, 5) is 7.86. The first-order valence-electron chi connectivity index (χ1n) is 8.89. The molecule has 30 heavy (non-hydrogen) atoms. The molecule has 0 saturated heterocycles. The number of alkyl halides is 3. The number of nitrogens with zero attached hydrogens (tertiary/aromatic N) is 2. The van der Waals surface area contributed by atoms with E-state index in [1.165, 1.54) is 6.07 Å². The van der Waals surface area contributed by atoms with Gasteiger partial charge in [-0.2, -0.15) is 13.2 Å². The van der Waals surface area contributed by atoms with Gasteiger partial charge in [-0.25, -0.2) is 18.7 Å². The largest absolute Gasteiger partial charge is 0.433 e. The van der Waals surface area contributed by atoms with Crippen LogP contribution in [-0.2, 0) is 6.18 Å². The summed E-state index contributed by atoms with van der Waals surface area (Å²) in [5.41, 5.74) is 0.720. The lowest BCUT2D eigenvalue weighted by Crippen LogP contribution is -2.10. The second kappa shape index (κ2) is 7.67. The molecule has 7 heteroatoms. The summed E-state index contributed by atoms with van der Waals surface area (Å²) in [6.07, 6.45) is -4.73. The maximum Gasteiger partial charge on any atom is 0.433 e. The average Bonchev–Trinajstić information content (AvgIpc) is 2.75. The summed E-state index contributed by atoms with van der Waals surface area (Å²) in [5, 5.41) is 0. The topological polar surface area (TPSA) is 25.8 Å². The van der Waals surface area contributed by atoms with Gasteiger partial charge in [-0.1, -0.05) is 48.5 Å². The Bertz CT molecular complexity index is 1200. The zero-order valence-electron chi connectivity index (χ0n) is 15.3. The summed E-state index contributed by atoms with van der Waals surface area (Å²) in [6.45, 7) is 0. The monoisotopic (exact) mass is 412 g/mol. The molecule has 0 amide bonds. The Kier molecular flexibility index (Phi) is 5.03. The van der Waals surface area contributed by atoms with Crippen molar-refractivity contribution in [3.05, 3.63) is 96.2 Å². The molecule has 1 heterocycles. The molecule has 2 nitrogen and oxygen atoms in total. The van der Waals surface area contributed by atoms with Crippen molar-refractivity contribution in [3.63, 3.8) is 0 Å². The van der Waals surface area contributed by atoms with E-state index >= 15 is 0 Å². The van der Waals surface area contributed by atoms with Crippen molar-refractivity contribution in [1.82, 2.24) is 9.97 Å². The highest BCUT2D eigenvalue weighted by atomic mass is 19.4. The van der Waals surface area contributed by atoms with Gasteiger partial charge in [0.25, 0.3) is 0 Å². The number of rotatable bonds is 3. The Balaban J connectivity index is 1.87. The molecule has 0 N–H and O–H groups in total. The van der Waals surface area contributed by atoms with Crippen LogP contribution in [-0.4, -0.2) is 9.97 Å². The number of halogens is 5. The zero-order valence-corrected chi connectivity index (χ0v) is 15.3.